The van der Waals surface area contributed by atoms with Gasteiger partial charge in [0.25, 0.3) is 5.91 Å². The van der Waals surface area contributed by atoms with Crippen LogP contribution in [0.2, 0.25) is 0 Å². The summed E-state index contributed by atoms with van der Waals surface area (Å²) in [4.78, 5) is 16.3. The Morgan fingerprint density at radius 1 is 1.10 bits per heavy atom. The minimum absolute atomic E-state index is 0.0446. The van der Waals surface area contributed by atoms with E-state index in [0.717, 1.165) is 31.4 Å². The second-order valence-corrected chi connectivity index (χ2v) is 8.83. The summed E-state index contributed by atoms with van der Waals surface area (Å²) < 4.78 is 42.8. The molecule has 1 amide bonds. The highest BCUT2D eigenvalue weighted by Crippen LogP contribution is 2.24. The molecule has 4 rings (SSSR count). The second-order valence-electron chi connectivity index (χ2n) is 6.92. The van der Waals surface area contributed by atoms with E-state index >= 15 is 0 Å². The lowest BCUT2D eigenvalue weighted by atomic mass is 10.2. The molecule has 1 N–H and O–H groups in total. The summed E-state index contributed by atoms with van der Waals surface area (Å²) in [6.07, 6.45) is 7.25. The lowest BCUT2D eigenvalue weighted by Gasteiger charge is -2.26. The molecule has 0 aliphatic carbocycles. The first kappa shape index (κ1) is 20.2. The van der Waals surface area contributed by atoms with Crippen LogP contribution in [0.25, 0.3) is 5.82 Å². The van der Waals surface area contributed by atoms with Crippen molar-refractivity contribution in [2.75, 3.05) is 18.4 Å². The number of nitrogens with one attached hydrogen (secondary N) is 1. The molecule has 0 saturated carbocycles. The topological polar surface area (TPSA) is 97.2 Å². The third-order valence-corrected chi connectivity index (χ3v) is 6.78. The fourth-order valence-electron chi connectivity index (χ4n) is 3.29. The zero-order valence-electron chi connectivity index (χ0n) is 16.0. The normalized spacial score (nSPS) is 15.1. The van der Waals surface area contributed by atoms with Gasteiger partial charge >= 0.3 is 0 Å². The van der Waals surface area contributed by atoms with Gasteiger partial charge in [-0.1, -0.05) is 6.42 Å². The van der Waals surface area contributed by atoms with Gasteiger partial charge in [0.1, 0.15) is 10.7 Å². The van der Waals surface area contributed by atoms with Gasteiger partial charge in [-0.3, -0.25) is 4.79 Å². The van der Waals surface area contributed by atoms with Crippen molar-refractivity contribution in [2.24, 2.45) is 0 Å². The maximum Gasteiger partial charge on any atom is 0.255 e. The number of hydrogen-bond acceptors (Lipinski definition) is 5. The van der Waals surface area contributed by atoms with Crippen molar-refractivity contribution < 1.29 is 17.6 Å². The van der Waals surface area contributed by atoms with Gasteiger partial charge in [0.2, 0.25) is 10.0 Å². The minimum atomic E-state index is -4.00. The summed E-state index contributed by atoms with van der Waals surface area (Å²) in [6.45, 7) is 0.707. The zero-order chi connectivity index (χ0) is 21.1. The van der Waals surface area contributed by atoms with Crippen molar-refractivity contribution in [2.45, 2.75) is 24.2 Å². The van der Waals surface area contributed by atoms with Crippen LogP contribution in [0.4, 0.5) is 10.1 Å². The van der Waals surface area contributed by atoms with Crippen molar-refractivity contribution in [3.63, 3.8) is 0 Å². The van der Waals surface area contributed by atoms with Gasteiger partial charge in [-0.05, 0) is 49.2 Å². The molecule has 1 aliphatic rings. The maximum atomic E-state index is 14.3. The molecule has 2 aromatic heterocycles. The quantitative estimate of drug-likeness (QED) is 0.673. The second kappa shape index (κ2) is 8.33. The lowest BCUT2D eigenvalue weighted by molar-refractivity contribution is 0.102. The summed E-state index contributed by atoms with van der Waals surface area (Å²) >= 11 is 0. The highest BCUT2D eigenvalue weighted by atomic mass is 32.2. The molecule has 1 saturated heterocycles. The van der Waals surface area contributed by atoms with Gasteiger partial charge in [-0.25, -0.2) is 22.5 Å². The number of benzene rings is 1. The fourth-order valence-corrected chi connectivity index (χ4v) is 4.90. The molecule has 3 heterocycles. The largest absolute Gasteiger partial charge is 0.321 e. The molecule has 0 spiro atoms. The van der Waals surface area contributed by atoms with Gasteiger partial charge in [-0.2, -0.15) is 9.40 Å². The fraction of sp³-hybridized carbons (Fsp3) is 0.250. The number of aromatic nitrogens is 3. The van der Waals surface area contributed by atoms with Crippen LogP contribution in [0.5, 0.6) is 0 Å². The van der Waals surface area contributed by atoms with Gasteiger partial charge in [0, 0.05) is 31.0 Å². The first-order valence-corrected chi connectivity index (χ1v) is 11.0. The lowest BCUT2D eigenvalue weighted by Crippen LogP contribution is -2.36. The van der Waals surface area contributed by atoms with E-state index in [9.17, 15) is 17.6 Å². The molecule has 1 aromatic carbocycles. The van der Waals surface area contributed by atoms with E-state index in [1.165, 1.54) is 16.6 Å². The Labute approximate surface area is 173 Å². The Morgan fingerprint density at radius 3 is 2.57 bits per heavy atom. The predicted molar refractivity (Wildman–Crippen MR) is 108 cm³/mol. The number of sulfonamides is 1. The van der Waals surface area contributed by atoms with Crippen LogP contribution in [0.15, 0.2) is 59.9 Å². The van der Waals surface area contributed by atoms with Crippen LogP contribution in [0, 0.1) is 5.82 Å². The summed E-state index contributed by atoms with van der Waals surface area (Å²) in [5.74, 6) is -0.851. The predicted octanol–water partition coefficient (Wildman–Crippen LogP) is 2.83. The molecule has 8 nitrogen and oxygen atoms in total. The van der Waals surface area contributed by atoms with Crippen molar-refractivity contribution in [1.29, 1.82) is 0 Å². The van der Waals surface area contributed by atoms with E-state index in [4.69, 9.17) is 0 Å². The molecule has 10 heteroatoms. The number of pyridine rings is 1. The number of carbonyl (C=O) groups is 1. The van der Waals surface area contributed by atoms with Gasteiger partial charge in [-0.15, -0.1) is 0 Å². The summed E-state index contributed by atoms with van der Waals surface area (Å²) in [5.41, 5.74) is 0.462. The third-order valence-electron chi connectivity index (χ3n) is 4.87. The van der Waals surface area contributed by atoms with Crippen molar-refractivity contribution in [3.05, 3.63) is 66.4 Å². The molecule has 0 radical (unpaired) electrons. The van der Waals surface area contributed by atoms with Crippen molar-refractivity contribution in [3.8, 4) is 5.82 Å². The van der Waals surface area contributed by atoms with Crippen LogP contribution < -0.4 is 5.32 Å². The van der Waals surface area contributed by atoms with E-state index < -0.39 is 26.6 Å². The highest BCUT2D eigenvalue weighted by Gasteiger charge is 2.29. The van der Waals surface area contributed by atoms with E-state index in [0.29, 0.717) is 24.6 Å². The summed E-state index contributed by atoms with van der Waals surface area (Å²) in [7, 11) is -4.00. The molecule has 3 aromatic rings. The molecule has 156 valence electrons. The average Bonchev–Trinajstić information content (AvgIpc) is 3.30. The number of carbonyl (C=O) groups excluding carboxylic acids is 1. The van der Waals surface area contributed by atoms with Crippen LogP contribution in [0.1, 0.15) is 29.6 Å². The Bertz CT molecular complexity index is 1140. The summed E-state index contributed by atoms with van der Waals surface area (Å²) in [5, 5.41) is 6.72. The van der Waals surface area contributed by atoms with Crippen LogP contribution in [-0.4, -0.2) is 46.5 Å². The number of anilines is 1. The standard InChI is InChI=1S/C20H20FN5O3S/c21-17-7-5-15(13-18(17)30(28,29)25-10-2-1-3-11-25)20(27)24-16-6-8-19(22-14-16)26-12-4-9-23-26/h4-9,12-14H,1-3,10-11H2,(H,24,27). The molecule has 0 bridgehead atoms. The molecular weight excluding hydrogens is 409 g/mol. The van der Waals surface area contributed by atoms with Gasteiger partial charge in [0.15, 0.2) is 5.82 Å². The Morgan fingerprint density at radius 2 is 1.90 bits per heavy atom. The Hall–Kier alpha value is -3.11. The van der Waals surface area contributed by atoms with Crippen LogP contribution >= 0.6 is 0 Å². The number of halogens is 1. The van der Waals surface area contributed by atoms with Crippen LogP contribution in [-0.2, 0) is 10.0 Å². The Kier molecular flexibility index (Phi) is 5.60. The van der Waals surface area contributed by atoms with E-state index in [1.54, 1.807) is 35.3 Å². The molecule has 1 aliphatic heterocycles. The Balaban J connectivity index is 1.54. The van der Waals surface area contributed by atoms with Crippen LogP contribution in [0.3, 0.4) is 0 Å². The number of hydrogen-bond donors (Lipinski definition) is 1. The summed E-state index contributed by atoms with van der Waals surface area (Å²) in [6, 6.07) is 8.44. The smallest absolute Gasteiger partial charge is 0.255 e. The van der Waals surface area contributed by atoms with Crippen molar-refractivity contribution in [1.82, 2.24) is 19.1 Å². The number of nitrogens with zero attached hydrogens (tertiary/aromatic N) is 4. The molecule has 30 heavy (non-hydrogen) atoms. The number of piperidine rings is 1. The first-order valence-electron chi connectivity index (χ1n) is 9.52. The first-order chi connectivity index (χ1) is 14.4. The number of amides is 1. The third kappa shape index (κ3) is 4.10. The number of rotatable bonds is 5. The minimum Gasteiger partial charge on any atom is -0.321 e. The highest BCUT2D eigenvalue weighted by molar-refractivity contribution is 7.89. The molecule has 0 atom stereocenters. The average molecular weight is 429 g/mol. The monoisotopic (exact) mass is 429 g/mol. The maximum absolute atomic E-state index is 14.3. The van der Waals surface area contributed by atoms with Gasteiger partial charge < -0.3 is 5.32 Å². The van der Waals surface area contributed by atoms with E-state index in [1.807, 2.05) is 0 Å². The molecule has 1 fully saturated rings. The zero-order valence-corrected chi connectivity index (χ0v) is 16.8. The molecular formula is C20H20FN5O3S. The van der Waals surface area contributed by atoms with Crippen molar-refractivity contribution >= 4 is 21.6 Å². The van der Waals surface area contributed by atoms with Gasteiger partial charge in [0.05, 0.1) is 11.9 Å². The van der Waals surface area contributed by atoms with E-state index in [2.05, 4.69) is 15.4 Å². The molecule has 0 unspecified atom stereocenters. The van der Waals surface area contributed by atoms with E-state index in [-0.39, 0.29) is 5.56 Å². The SMILES string of the molecule is O=C(Nc1ccc(-n2cccn2)nc1)c1ccc(F)c(S(=O)(=O)N2CCCCC2)c1.